The number of anilines is 3. The van der Waals surface area contributed by atoms with E-state index in [1.165, 1.54) is 19.4 Å². The molecule has 2 fully saturated rings. The van der Waals surface area contributed by atoms with Gasteiger partial charge in [-0.1, -0.05) is 5.10 Å². The Kier molecular flexibility index (Phi) is 11.0. The average Bonchev–Trinajstić information content (AvgIpc) is 3.48. The first kappa shape index (κ1) is 35.9. The van der Waals surface area contributed by atoms with Gasteiger partial charge in [0.2, 0.25) is 21.9 Å². The monoisotopic (exact) mass is 725 g/mol. The summed E-state index contributed by atoms with van der Waals surface area (Å²) < 4.78 is 46.2. The van der Waals surface area contributed by atoms with Gasteiger partial charge in [0, 0.05) is 31.7 Å². The molecule has 0 aromatic carbocycles. The van der Waals surface area contributed by atoms with Crippen molar-refractivity contribution in [2.24, 2.45) is 7.05 Å². The third-order valence-corrected chi connectivity index (χ3v) is 9.97. The van der Waals surface area contributed by atoms with E-state index in [0.717, 1.165) is 47.5 Å². The fourth-order valence-electron chi connectivity index (χ4n) is 6.11. The molecule has 6 rings (SSSR count). The van der Waals surface area contributed by atoms with Gasteiger partial charge in [0.25, 0.3) is 0 Å². The van der Waals surface area contributed by atoms with E-state index in [1.54, 1.807) is 18.5 Å². The summed E-state index contributed by atoms with van der Waals surface area (Å²) in [4.78, 5) is 33.7. The van der Waals surface area contributed by atoms with Crippen molar-refractivity contribution in [3.8, 4) is 11.6 Å². The molecule has 1 saturated carbocycles. The fraction of sp³-hybridized carbons (Fsp3) is 0.531. The highest BCUT2D eigenvalue weighted by molar-refractivity contribution is 7.92. The van der Waals surface area contributed by atoms with Gasteiger partial charge < -0.3 is 39.4 Å². The molecule has 1 aliphatic carbocycles. The smallest absolute Gasteiger partial charge is 0.349 e. The van der Waals surface area contributed by atoms with Crippen LogP contribution in [0.3, 0.4) is 0 Å². The van der Waals surface area contributed by atoms with Gasteiger partial charge in [-0.2, -0.15) is 4.98 Å². The fourth-order valence-corrected chi connectivity index (χ4v) is 6.96. The highest BCUT2D eigenvalue weighted by Gasteiger charge is 2.29. The maximum Gasteiger partial charge on any atom is 0.349 e. The van der Waals surface area contributed by atoms with Crippen molar-refractivity contribution in [1.29, 1.82) is 0 Å². The van der Waals surface area contributed by atoms with Crippen molar-refractivity contribution in [2.75, 3.05) is 74.3 Å². The Balaban J connectivity index is 1.21. The molecule has 0 bridgehead atoms. The summed E-state index contributed by atoms with van der Waals surface area (Å²) in [5, 5.41) is 19.6. The van der Waals surface area contributed by atoms with Gasteiger partial charge in [0.15, 0.2) is 5.75 Å². The first-order valence-corrected chi connectivity index (χ1v) is 18.6. The highest BCUT2D eigenvalue weighted by atomic mass is 32.2. The van der Waals surface area contributed by atoms with Crippen LogP contribution in [-0.4, -0.2) is 120 Å². The van der Waals surface area contributed by atoms with E-state index in [4.69, 9.17) is 19.2 Å². The first-order chi connectivity index (χ1) is 24.4. The third kappa shape index (κ3) is 8.89. The minimum absolute atomic E-state index is 0.144. The zero-order valence-electron chi connectivity index (χ0n) is 29.1. The quantitative estimate of drug-likeness (QED) is 0.147. The number of aromatic nitrogens is 6. The second kappa shape index (κ2) is 15.6. The lowest BCUT2D eigenvalue weighted by molar-refractivity contribution is -0.393. The van der Waals surface area contributed by atoms with Gasteiger partial charge in [-0.3, -0.25) is 9.29 Å². The van der Waals surface area contributed by atoms with E-state index in [-0.39, 0.29) is 35.8 Å². The van der Waals surface area contributed by atoms with Gasteiger partial charge in [0.1, 0.15) is 25.6 Å². The molecule has 0 radical (unpaired) electrons. The molecule has 2 aliphatic rings. The number of fused-ring (bicyclic) bond motifs is 1. The van der Waals surface area contributed by atoms with Crippen molar-refractivity contribution in [2.45, 2.75) is 44.4 Å². The topological polar surface area (TPSA) is 196 Å². The molecule has 0 spiro atoms. The lowest BCUT2D eigenvalue weighted by Gasteiger charge is -2.31. The Hall–Kier alpha value is -4.88. The van der Waals surface area contributed by atoms with Crippen LogP contribution in [0.4, 0.5) is 23.3 Å². The van der Waals surface area contributed by atoms with Crippen LogP contribution in [0.15, 0.2) is 36.9 Å². The molecule has 1 aliphatic heterocycles. The van der Waals surface area contributed by atoms with E-state index in [1.807, 2.05) is 25.1 Å². The first-order valence-electron chi connectivity index (χ1n) is 16.7. The number of likely N-dealkylation sites (N-methyl/N-ethyl adjacent to an activating group) is 1. The number of sulfonamides is 1. The summed E-state index contributed by atoms with van der Waals surface area (Å²) in [5.41, 5.74) is 0.939. The predicted octanol–water partition coefficient (Wildman–Crippen LogP) is 2.61. The van der Waals surface area contributed by atoms with Crippen LogP contribution in [-0.2, 0) is 28.4 Å². The van der Waals surface area contributed by atoms with E-state index < -0.39 is 14.9 Å². The lowest BCUT2D eigenvalue weighted by Crippen LogP contribution is -2.37. The summed E-state index contributed by atoms with van der Waals surface area (Å²) in [5.74, 6) is 1.89. The van der Waals surface area contributed by atoms with Gasteiger partial charge in [-0.05, 0) is 50.8 Å². The van der Waals surface area contributed by atoms with Crippen molar-refractivity contribution >= 4 is 44.2 Å². The molecular formula is C32H43N11O7S. The number of rotatable bonds is 14. The van der Waals surface area contributed by atoms with Crippen molar-refractivity contribution in [3.05, 3.63) is 52.6 Å². The molecule has 51 heavy (non-hydrogen) atoms. The summed E-state index contributed by atoms with van der Waals surface area (Å²) in [6.45, 7) is 3.49. The van der Waals surface area contributed by atoms with Crippen molar-refractivity contribution in [1.82, 2.24) is 34.6 Å². The zero-order valence-corrected chi connectivity index (χ0v) is 30.0. The molecule has 274 valence electrons. The van der Waals surface area contributed by atoms with E-state index >= 15 is 0 Å². The molecular weight excluding hydrogens is 682 g/mol. The van der Waals surface area contributed by atoms with Gasteiger partial charge in [-0.15, -0.1) is 4.68 Å². The molecule has 19 heteroatoms. The Labute approximate surface area is 295 Å². The number of ether oxygens (including phenoxy) is 3. The molecule has 0 unspecified atom stereocenters. The highest BCUT2D eigenvalue weighted by Crippen LogP contribution is 2.35. The molecule has 18 nitrogen and oxygen atoms in total. The molecule has 0 atom stereocenters. The van der Waals surface area contributed by atoms with Crippen LogP contribution in [0.5, 0.6) is 11.6 Å². The van der Waals surface area contributed by atoms with E-state index in [9.17, 15) is 18.5 Å². The lowest BCUT2D eigenvalue weighted by atomic mass is 9.93. The molecule has 4 aromatic rings. The Morgan fingerprint density at radius 2 is 1.78 bits per heavy atom. The number of hydrogen-bond donors (Lipinski definition) is 1. The van der Waals surface area contributed by atoms with Crippen LogP contribution in [0.25, 0.3) is 10.9 Å². The van der Waals surface area contributed by atoms with E-state index in [0.29, 0.717) is 67.2 Å². The molecule has 4 aromatic heterocycles. The molecule has 5 heterocycles. The Morgan fingerprint density at radius 3 is 2.45 bits per heavy atom. The summed E-state index contributed by atoms with van der Waals surface area (Å²) in [7, 11) is 1.51. The maximum absolute atomic E-state index is 13.1. The number of morpholine rings is 1. The number of pyridine rings is 2. The maximum atomic E-state index is 13.1. The largest absolute Gasteiger partial charge is 0.489 e. The van der Waals surface area contributed by atoms with Gasteiger partial charge in [0.05, 0.1) is 73.0 Å². The summed E-state index contributed by atoms with van der Waals surface area (Å²) in [6, 6.07) is 3.67. The second-order valence-corrected chi connectivity index (χ2v) is 14.8. The average molecular weight is 726 g/mol. The zero-order chi connectivity index (χ0) is 36.1. The number of aryl methyl sites for hydroxylation is 1. The number of nitro groups is 1. The van der Waals surface area contributed by atoms with Gasteiger partial charge in [-0.25, -0.2) is 18.4 Å². The minimum atomic E-state index is -3.90. The van der Waals surface area contributed by atoms with Crippen LogP contribution in [0.2, 0.25) is 0 Å². The van der Waals surface area contributed by atoms with Gasteiger partial charge >= 0.3 is 5.82 Å². The van der Waals surface area contributed by atoms with Crippen LogP contribution in [0.1, 0.15) is 31.2 Å². The second-order valence-electron chi connectivity index (χ2n) is 12.9. The standard InChI is InChI=1S/C32H43N11O7S/c1-39(2)9-14-49-26-19-34-32(35-20-26)37-23-5-7-25(8-6-23)50-30-27-15-24(18-33-28(27)16-29(38-30)41-10-12-48-13-11-41)42(51(4,46)47)21-22-17-36-40(3)31(22)43(44)45/h15-20,23,25H,5-14,21H2,1-4H3,(H,34,35,37). The number of nitrogens with zero attached hydrogens (tertiary/aromatic N) is 10. The molecule has 1 saturated heterocycles. The number of nitrogens with one attached hydrogen (secondary N) is 1. The summed E-state index contributed by atoms with van der Waals surface area (Å²) >= 11 is 0. The Bertz CT molecular complexity index is 1930. The van der Waals surface area contributed by atoms with Crippen LogP contribution >= 0.6 is 0 Å². The minimum Gasteiger partial charge on any atom is -0.489 e. The predicted molar refractivity (Wildman–Crippen MR) is 190 cm³/mol. The Morgan fingerprint density at radius 1 is 1.06 bits per heavy atom. The normalized spacial score (nSPS) is 18.2. The molecule has 1 N–H and O–H groups in total. The van der Waals surface area contributed by atoms with Crippen molar-refractivity contribution < 1.29 is 27.6 Å². The van der Waals surface area contributed by atoms with Crippen LogP contribution in [0, 0.1) is 10.1 Å². The van der Waals surface area contributed by atoms with Crippen LogP contribution < -0.4 is 24.0 Å². The third-order valence-electron chi connectivity index (χ3n) is 8.83. The molecule has 0 amide bonds. The SMILES string of the molecule is CN(C)CCOc1cnc(NC2CCC(Oc3nc(N4CCOCC4)cc4ncc(N(Cc5cnn(C)c5[N+](=O)[O-])S(C)(=O)=O)cc34)CC2)nc1. The summed E-state index contributed by atoms with van der Waals surface area (Å²) in [6.07, 6.45) is 10.1. The van der Waals surface area contributed by atoms with Crippen molar-refractivity contribution in [3.63, 3.8) is 0 Å². The van der Waals surface area contributed by atoms with E-state index in [2.05, 4.69) is 30.3 Å². The number of hydrogen-bond acceptors (Lipinski definition) is 15.